The summed E-state index contributed by atoms with van der Waals surface area (Å²) in [6, 6.07) is 8.97. The summed E-state index contributed by atoms with van der Waals surface area (Å²) in [5.41, 5.74) is 0.865. The number of carboxylic acid groups (broad SMARTS) is 1. The van der Waals surface area contributed by atoms with Crippen LogP contribution in [0.25, 0.3) is 0 Å². The van der Waals surface area contributed by atoms with E-state index >= 15 is 0 Å². The third-order valence-corrected chi connectivity index (χ3v) is 3.11. The van der Waals surface area contributed by atoms with Crippen molar-refractivity contribution in [3.63, 3.8) is 0 Å². The first kappa shape index (κ1) is 9.72. The van der Waals surface area contributed by atoms with Crippen molar-refractivity contribution >= 4 is 5.97 Å². The molecule has 0 bridgehead atoms. The zero-order valence-electron chi connectivity index (χ0n) is 8.23. The van der Waals surface area contributed by atoms with Crippen molar-refractivity contribution in [1.29, 1.82) is 5.26 Å². The third kappa shape index (κ3) is 1.48. The van der Waals surface area contributed by atoms with Gasteiger partial charge >= 0.3 is 5.97 Å². The second-order valence-corrected chi connectivity index (χ2v) is 3.93. The van der Waals surface area contributed by atoms with Crippen LogP contribution >= 0.6 is 0 Å². The lowest BCUT2D eigenvalue weighted by atomic mass is 9.65. The Hall–Kier alpha value is -1.82. The molecule has 0 unspecified atom stereocenters. The summed E-state index contributed by atoms with van der Waals surface area (Å²) in [5, 5.41) is 17.8. The molecule has 0 atom stereocenters. The van der Waals surface area contributed by atoms with Crippen LogP contribution in [-0.2, 0) is 5.41 Å². The Morgan fingerprint density at radius 2 is 1.93 bits per heavy atom. The summed E-state index contributed by atoms with van der Waals surface area (Å²) in [5.74, 6) is -0.929. The Morgan fingerprint density at radius 1 is 1.33 bits per heavy atom. The van der Waals surface area contributed by atoms with Gasteiger partial charge in [0.15, 0.2) is 0 Å². The Bertz CT molecular complexity index is 424. The monoisotopic (exact) mass is 201 g/mol. The predicted molar refractivity (Wildman–Crippen MR) is 54.5 cm³/mol. The Kier molecular flexibility index (Phi) is 2.20. The molecule has 0 aliphatic heterocycles. The van der Waals surface area contributed by atoms with Gasteiger partial charge in [-0.2, -0.15) is 5.26 Å². The maximum Gasteiger partial charge on any atom is 0.335 e. The van der Waals surface area contributed by atoms with E-state index in [9.17, 15) is 4.79 Å². The van der Waals surface area contributed by atoms with Crippen LogP contribution in [0.15, 0.2) is 24.3 Å². The highest BCUT2D eigenvalue weighted by atomic mass is 16.4. The molecule has 0 radical (unpaired) electrons. The van der Waals surface area contributed by atoms with E-state index in [0.29, 0.717) is 0 Å². The summed E-state index contributed by atoms with van der Waals surface area (Å²) in [4.78, 5) is 10.6. The first-order valence-corrected chi connectivity index (χ1v) is 4.93. The molecule has 1 aromatic carbocycles. The Morgan fingerprint density at radius 3 is 2.27 bits per heavy atom. The van der Waals surface area contributed by atoms with Crippen LogP contribution in [0.5, 0.6) is 0 Å². The summed E-state index contributed by atoms with van der Waals surface area (Å²) in [6.07, 6.45) is 2.85. The first-order valence-electron chi connectivity index (χ1n) is 4.93. The van der Waals surface area contributed by atoms with Gasteiger partial charge in [-0.05, 0) is 37.0 Å². The SMILES string of the molecule is N#CC1(c2ccc(C(=O)O)cc2)CCC1. The number of hydrogen-bond donors (Lipinski definition) is 1. The average molecular weight is 201 g/mol. The smallest absolute Gasteiger partial charge is 0.335 e. The topological polar surface area (TPSA) is 61.1 Å². The molecule has 1 aromatic rings. The highest BCUT2D eigenvalue weighted by molar-refractivity contribution is 5.87. The molecule has 0 spiro atoms. The van der Waals surface area contributed by atoms with E-state index in [-0.39, 0.29) is 11.0 Å². The second-order valence-electron chi connectivity index (χ2n) is 3.93. The Balaban J connectivity index is 2.32. The molecule has 1 aliphatic rings. The quantitative estimate of drug-likeness (QED) is 0.798. The molecule has 76 valence electrons. The van der Waals surface area contributed by atoms with Crippen LogP contribution < -0.4 is 0 Å². The number of hydrogen-bond acceptors (Lipinski definition) is 2. The van der Waals surface area contributed by atoms with E-state index in [1.165, 1.54) is 0 Å². The normalized spacial score (nSPS) is 17.5. The van der Waals surface area contributed by atoms with Crippen LogP contribution in [-0.4, -0.2) is 11.1 Å². The lowest BCUT2D eigenvalue weighted by Crippen LogP contribution is -2.32. The van der Waals surface area contributed by atoms with Crippen molar-refractivity contribution in [2.24, 2.45) is 0 Å². The van der Waals surface area contributed by atoms with E-state index in [0.717, 1.165) is 24.8 Å². The summed E-state index contributed by atoms with van der Waals surface area (Å²) >= 11 is 0. The van der Waals surface area contributed by atoms with Gasteiger partial charge in [-0.25, -0.2) is 4.79 Å². The highest BCUT2D eigenvalue weighted by Crippen LogP contribution is 2.42. The zero-order valence-corrected chi connectivity index (χ0v) is 8.23. The standard InChI is InChI=1S/C12H11NO2/c13-8-12(6-1-7-12)10-4-2-9(3-5-10)11(14)15/h2-5H,1,6-7H2,(H,14,15). The van der Waals surface area contributed by atoms with E-state index in [2.05, 4.69) is 6.07 Å². The number of nitrogens with zero attached hydrogens (tertiary/aromatic N) is 1. The van der Waals surface area contributed by atoms with Gasteiger partial charge in [0.1, 0.15) is 0 Å². The van der Waals surface area contributed by atoms with Crippen LogP contribution in [0.3, 0.4) is 0 Å². The minimum Gasteiger partial charge on any atom is -0.478 e. The molecule has 15 heavy (non-hydrogen) atoms. The van der Waals surface area contributed by atoms with Gasteiger partial charge in [0.25, 0.3) is 0 Å². The molecule has 3 heteroatoms. The number of carboxylic acids is 1. The number of rotatable bonds is 2. The van der Waals surface area contributed by atoms with Crippen LogP contribution in [0.1, 0.15) is 35.2 Å². The van der Waals surface area contributed by atoms with Crippen molar-refractivity contribution in [3.05, 3.63) is 35.4 Å². The minimum atomic E-state index is -0.929. The number of carbonyl (C=O) groups is 1. The molecule has 1 fully saturated rings. The van der Waals surface area contributed by atoms with E-state index in [1.807, 2.05) is 0 Å². The van der Waals surface area contributed by atoms with Gasteiger partial charge in [-0.1, -0.05) is 12.1 Å². The van der Waals surface area contributed by atoms with Crippen molar-refractivity contribution < 1.29 is 9.90 Å². The van der Waals surface area contributed by atoms with Crippen molar-refractivity contribution in [3.8, 4) is 6.07 Å². The fourth-order valence-electron chi connectivity index (χ4n) is 1.93. The molecular formula is C12H11NO2. The number of benzene rings is 1. The van der Waals surface area contributed by atoms with Gasteiger partial charge < -0.3 is 5.11 Å². The molecule has 0 heterocycles. The number of aromatic carboxylic acids is 1. The molecular weight excluding hydrogens is 190 g/mol. The predicted octanol–water partition coefficient (Wildman–Crippen LogP) is 2.33. The average Bonchev–Trinajstić information content (AvgIpc) is 2.18. The van der Waals surface area contributed by atoms with Gasteiger partial charge in [0, 0.05) is 0 Å². The summed E-state index contributed by atoms with van der Waals surface area (Å²) in [7, 11) is 0. The first-order chi connectivity index (χ1) is 7.18. The van der Waals surface area contributed by atoms with Gasteiger partial charge in [0.2, 0.25) is 0 Å². The van der Waals surface area contributed by atoms with Crippen LogP contribution in [0, 0.1) is 11.3 Å². The third-order valence-electron chi connectivity index (χ3n) is 3.11. The Labute approximate surface area is 88.0 Å². The maximum absolute atomic E-state index is 10.6. The van der Waals surface area contributed by atoms with Crippen LogP contribution in [0.2, 0.25) is 0 Å². The maximum atomic E-state index is 10.6. The van der Waals surface area contributed by atoms with Crippen molar-refractivity contribution in [1.82, 2.24) is 0 Å². The van der Waals surface area contributed by atoms with Crippen molar-refractivity contribution in [2.45, 2.75) is 24.7 Å². The lowest BCUT2D eigenvalue weighted by molar-refractivity contribution is 0.0697. The largest absolute Gasteiger partial charge is 0.478 e. The minimum absolute atomic E-state index is 0.270. The van der Waals surface area contributed by atoms with E-state index in [1.54, 1.807) is 24.3 Å². The van der Waals surface area contributed by atoms with E-state index < -0.39 is 5.97 Å². The van der Waals surface area contributed by atoms with Gasteiger partial charge in [-0.15, -0.1) is 0 Å². The van der Waals surface area contributed by atoms with Crippen molar-refractivity contribution in [2.75, 3.05) is 0 Å². The second kappa shape index (κ2) is 3.39. The lowest BCUT2D eigenvalue weighted by Gasteiger charge is -2.35. The van der Waals surface area contributed by atoms with Gasteiger partial charge in [-0.3, -0.25) is 0 Å². The molecule has 1 N–H and O–H groups in total. The molecule has 0 aromatic heterocycles. The molecule has 0 saturated heterocycles. The molecule has 2 rings (SSSR count). The number of nitriles is 1. The molecule has 3 nitrogen and oxygen atoms in total. The highest BCUT2D eigenvalue weighted by Gasteiger charge is 2.38. The summed E-state index contributed by atoms with van der Waals surface area (Å²) in [6.45, 7) is 0. The van der Waals surface area contributed by atoms with Crippen LogP contribution in [0.4, 0.5) is 0 Å². The molecule has 1 aliphatic carbocycles. The zero-order chi connectivity index (χ0) is 10.9. The summed E-state index contributed by atoms with van der Waals surface area (Å²) < 4.78 is 0. The fraction of sp³-hybridized carbons (Fsp3) is 0.333. The molecule has 0 amide bonds. The van der Waals surface area contributed by atoms with Gasteiger partial charge in [0.05, 0.1) is 17.0 Å². The van der Waals surface area contributed by atoms with E-state index in [4.69, 9.17) is 10.4 Å². The molecule has 1 saturated carbocycles. The fourth-order valence-corrected chi connectivity index (χ4v) is 1.93.